The average Bonchev–Trinajstić information content (AvgIpc) is 2.55. The molecule has 2 aromatic carbocycles. The molecule has 2 rings (SSSR count). The summed E-state index contributed by atoms with van der Waals surface area (Å²) in [7, 11) is 3.15. The first-order valence-corrected chi connectivity index (χ1v) is 6.35. The van der Waals surface area contributed by atoms with Crippen LogP contribution in [0.2, 0.25) is 0 Å². The standard InChI is InChI=1S/C16H16N2O3/c1-20-14-9-8-13(15(10-14)21-2)11-17-18-16(19)12-6-4-3-5-7-12/h3-11H,1-2H3,(H,18,19)/b17-11-. The molecule has 1 N–H and O–H groups in total. The second-order valence-electron chi connectivity index (χ2n) is 4.17. The summed E-state index contributed by atoms with van der Waals surface area (Å²) in [6.07, 6.45) is 1.53. The molecule has 0 unspecified atom stereocenters. The Balaban J connectivity index is 2.06. The van der Waals surface area contributed by atoms with Gasteiger partial charge < -0.3 is 9.47 Å². The van der Waals surface area contributed by atoms with Gasteiger partial charge in [0.1, 0.15) is 11.5 Å². The smallest absolute Gasteiger partial charge is 0.271 e. The van der Waals surface area contributed by atoms with Crippen LogP contribution < -0.4 is 14.9 Å². The normalized spacial score (nSPS) is 10.4. The van der Waals surface area contributed by atoms with E-state index in [9.17, 15) is 4.79 Å². The van der Waals surface area contributed by atoms with Crippen LogP contribution in [0.15, 0.2) is 53.6 Å². The van der Waals surface area contributed by atoms with E-state index in [2.05, 4.69) is 10.5 Å². The molecule has 0 atom stereocenters. The number of hydrogen-bond acceptors (Lipinski definition) is 4. The number of nitrogens with zero attached hydrogens (tertiary/aromatic N) is 1. The van der Waals surface area contributed by atoms with Crippen LogP contribution in [0.4, 0.5) is 0 Å². The van der Waals surface area contributed by atoms with Gasteiger partial charge in [-0.05, 0) is 24.3 Å². The Morgan fingerprint density at radius 3 is 2.52 bits per heavy atom. The van der Waals surface area contributed by atoms with Crippen molar-refractivity contribution in [1.82, 2.24) is 5.43 Å². The Kier molecular flexibility index (Phi) is 4.93. The third-order valence-corrected chi connectivity index (χ3v) is 2.85. The zero-order valence-electron chi connectivity index (χ0n) is 11.9. The van der Waals surface area contributed by atoms with Crippen molar-refractivity contribution in [3.05, 3.63) is 59.7 Å². The first-order chi connectivity index (χ1) is 10.2. The van der Waals surface area contributed by atoms with Gasteiger partial charge in [-0.3, -0.25) is 4.79 Å². The molecule has 21 heavy (non-hydrogen) atoms. The van der Waals surface area contributed by atoms with E-state index in [0.717, 1.165) is 5.56 Å². The lowest BCUT2D eigenvalue weighted by atomic mass is 10.2. The lowest BCUT2D eigenvalue weighted by Gasteiger charge is -2.06. The second-order valence-corrected chi connectivity index (χ2v) is 4.17. The highest BCUT2D eigenvalue weighted by atomic mass is 16.5. The molecule has 1 amide bonds. The number of carbonyl (C=O) groups is 1. The summed E-state index contributed by atoms with van der Waals surface area (Å²) >= 11 is 0. The quantitative estimate of drug-likeness (QED) is 0.677. The molecule has 0 spiro atoms. The Labute approximate surface area is 123 Å². The van der Waals surface area contributed by atoms with E-state index >= 15 is 0 Å². The monoisotopic (exact) mass is 284 g/mol. The van der Waals surface area contributed by atoms with E-state index in [1.54, 1.807) is 56.7 Å². The van der Waals surface area contributed by atoms with Gasteiger partial charge in [-0.1, -0.05) is 18.2 Å². The minimum Gasteiger partial charge on any atom is -0.497 e. The van der Waals surface area contributed by atoms with Crippen LogP contribution in [0.5, 0.6) is 11.5 Å². The summed E-state index contributed by atoms with van der Waals surface area (Å²) in [5, 5.41) is 3.94. The largest absolute Gasteiger partial charge is 0.497 e. The maximum atomic E-state index is 11.8. The minimum atomic E-state index is -0.265. The SMILES string of the molecule is COc1ccc(/C=N\NC(=O)c2ccccc2)c(OC)c1. The number of hydrazone groups is 1. The van der Waals surface area contributed by atoms with Gasteiger partial charge >= 0.3 is 0 Å². The fourth-order valence-corrected chi connectivity index (χ4v) is 1.74. The summed E-state index contributed by atoms with van der Waals surface area (Å²) in [5.41, 5.74) is 3.77. The Hall–Kier alpha value is -2.82. The molecule has 0 saturated heterocycles. The molecule has 0 fully saturated rings. The third kappa shape index (κ3) is 3.82. The van der Waals surface area contributed by atoms with E-state index in [1.807, 2.05) is 6.07 Å². The van der Waals surface area contributed by atoms with Crippen LogP contribution in [-0.2, 0) is 0 Å². The van der Waals surface area contributed by atoms with Gasteiger partial charge in [0.2, 0.25) is 0 Å². The van der Waals surface area contributed by atoms with Gasteiger partial charge in [0.25, 0.3) is 5.91 Å². The maximum Gasteiger partial charge on any atom is 0.271 e. The Bertz CT molecular complexity index is 639. The number of benzene rings is 2. The van der Waals surface area contributed by atoms with Crippen molar-refractivity contribution >= 4 is 12.1 Å². The number of methoxy groups -OCH3 is 2. The number of amides is 1. The topological polar surface area (TPSA) is 59.9 Å². The van der Waals surface area contributed by atoms with Gasteiger partial charge in [-0.15, -0.1) is 0 Å². The van der Waals surface area contributed by atoms with Crippen molar-refractivity contribution in [2.45, 2.75) is 0 Å². The first kappa shape index (κ1) is 14.6. The number of nitrogens with one attached hydrogen (secondary N) is 1. The number of carbonyl (C=O) groups excluding carboxylic acids is 1. The van der Waals surface area contributed by atoms with Gasteiger partial charge in [-0.2, -0.15) is 5.10 Å². The van der Waals surface area contributed by atoms with Gasteiger partial charge in [0.15, 0.2) is 0 Å². The highest BCUT2D eigenvalue weighted by Crippen LogP contribution is 2.22. The predicted molar refractivity (Wildman–Crippen MR) is 81.0 cm³/mol. The van der Waals surface area contributed by atoms with Crippen molar-refractivity contribution in [2.75, 3.05) is 14.2 Å². The molecule has 5 nitrogen and oxygen atoms in total. The number of hydrogen-bond donors (Lipinski definition) is 1. The summed E-state index contributed by atoms with van der Waals surface area (Å²) in [6, 6.07) is 14.2. The minimum absolute atomic E-state index is 0.265. The Morgan fingerprint density at radius 1 is 1.10 bits per heavy atom. The highest BCUT2D eigenvalue weighted by molar-refractivity contribution is 5.95. The van der Waals surface area contributed by atoms with E-state index in [0.29, 0.717) is 17.1 Å². The van der Waals surface area contributed by atoms with Crippen LogP contribution >= 0.6 is 0 Å². The number of ether oxygens (including phenoxy) is 2. The lowest BCUT2D eigenvalue weighted by molar-refractivity contribution is 0.0955. The van der Waals surface area contributed by atoms with Crippen LogP contribution in [0, 0.1) is 0 Å². The molecule has 0 aromatic heterocycles. The van der Waals surface area contributed by atoms with Gasteiger partial charge in [-0.25, -0.2) is 5.43 Å². The molecular formula is C16H16N2O3. The van der Waals surface area contributed by atoms with E-state index in [1.165, 1.54) is 6.21 Å². The summed E-state index contributed by atoms with van der Waals surface area (Å²) in [5.74, 6) is 1.05. The predicted octanol–water partition coefficient (Wildman–Crippen LogP) is 2.47. The zero-order valence-corrected chi connectivity index (χ0v) is 11.9. The van der Waals surface area contributed by atoms with E-state index in [-0.39, 0.29) is 5.91 Å². The first-order valence-electron chi connectivity index (χ1n) is 6.35. The molecule has 0 heterocycles. The summed E-state index contributed by atoms with van der Waals surface area (Å²) in [4.78, 5) is 11.8. The van der Waals surface area contributed by atoms with Crippen LogP contribution in [0.1, 0.15) is 15.9 Å². The fraction of sp³-hybridized carbons (Fsp3) is 0.125. The average molecular weight is 284 g/mol. The van der Waals surface area contributed by atoms with Gasteiger partial charge in [0.05, 0.1) is 20.4 Å². The molecule has 0 aliphatic rings. The number of rotatable bonds is 5. The Morgan fingerprint density at radius 2 is 1.86 bits per heavy atom. The molecule has 5 heteroatoms. The van der Waals surface area contributed by atoms with Crippen LogP contribution in [-0.4, -0.2) is 26.3 Å². The van der Waals surface area contributed by atoms with E-state index < -0.39 is 0 Å². The molecular weight excluding hydrogens is 268 g/mol. The molecule has 108 valence electrons. The second kappa shape index (κ2) is 7.09. The molecule has 0 saturated carbocycles. The third-order valence-electron chi connectivity index (χ3n) is 2.85. The fourth-order valence-electron chi connectivity index (χ4n) is 1.74. The van der Waals surface area contributed by atoms with Gasteiger partial charge in [0, 0.05) is 17.2 Å². The molecule has 0 radical (unpaired) electrons. The summed E-state index contributed by atoms with van der Waals surface area (Å²) < 4.78 is 10.4. The van der Waals surface area contributed by atoms with Crippen molar-refractivity contribution < 1.29 is 14.3 Å². The lowest BCUT2D eigenvalue weighted by Crippen LogP contribution is -2.17. The molecule has 2 aromatic rings. The van der Waals surface area contributed by atoms with Crippen molar-refractivity contribution in [3.8, 4) is 11.5 Å². The van der Waals surface area contributed by atoms with Crippen molar-refractivity contribution in [1.29, 1.82) is 0 Å². The van der Waals surface area contributed by atoms with Crippen LogP contribution in [0.25, 0.3) is 0 Å². The molecule has 0 aliphatic heterocycles. The molecule has 0 aliphatic carbocycles. The summed E-state index contributed by atoms with van der Waals surface area (Å²) in [6.45, 7) is 0. The highest BCUT2D eigenvalue weighted by Gasteiger charge is 2.04. The van der Waals surface area contributed by atoms with Crippen molar-refractivity contribution in [2.24, 2.45) is 5.10 Å². The zero-order chi connectivity index (χ0) is 15.1. The van der Waals surface area contributed by atoms with E-state index in [4.69, 9.17) is 9.47 Å². The van der Waals surface area contributed by atoms with Crippen LogP contribution in [0.3, 0.4) is 0 Å². The molecule has 0 bridgehead atoms. The van der Waals surface area contributed by atoms with Crippen molar-refractivity contribution in [3.63, 3.8) is 0 Å². The maximum absolute atomic E-state index is 11.8.